The van der Waals surface area contributed by atoms with Crippen LogP contribution in [0.3, 0.4) is 0 Å². The minimum atomic E-state index is 0.218. The molecule has 0 bridgehead atoms. The Morgan fingerprint density at radius 3 is 2.71 bits per heavy atom. The zero-order valence-corrected chi connectivity index (χ0v) is 10.4. The molecule has 1 heterocycles. The molecule has 0 aromatic rings. The number of likely N-dealkylation sites (tertiary alicyclic amines) is 1. The first-order valence-corrected chi connectivity index (χ1v) is 6.83. The molecular formula is C13H22N2O2. The number of carbonyl (C=O) groups excluding carboxylic acids is 2. The second-order valence-corrected chi connectivity index (χ2v) is 5.11. The number of nitrogens with zero attached hydrogens (tertiary/aromatic N) is 1. The Hall–Kier alpha value is -1.06. The first-order chi connectivity index (χ1) is 8.27. The van der Waals surface area contributed by atoms with Crippen molar-refractivity contribution >= 4 is 11.8 Å². The normalized spacial score (nSPS) is 21.2. The number of amides is 2. The van der Waals surface area contributed by atoms with Gasteiger partial charge in [-0.3, -0.25) is 9.59 Å². The van der Waals surface area contributed by atoms with Gasteiger partial charge in [0.15, 0.2) is 0 Å². The van der Waals surface area contributed by atoms with Crippen LogP contribution in [0.4, 0.5) is 0 Å². The van der Waals surface area contributed by atoms with E-state index in [2.05, 4.69) is 5.32 Å². The Labute approximate surface area is 103 Å². The Bertz CT molecular complexity index is 285. The number of rotatable bonds is 5. The second kappa shape index (κ2) is 6.03. The van der Waals surface area contributed by atoms with Crippen molar-refractivity contribution in [1.29, 1.82) is 0 Å². The van der Waals surface area contributed by atoms with Crippen LogP contribution < -0.4 is 5.32 Å². The molecule has 4 heteroatoms. The molecule has 96 valence electrons. The van der Waals surface area contributed by atoms with Gasteiger partial charge < -0.3 is 10.2 Å². The van der Waals surface area contributed by atoms with Crippen LogP contribution >= 0.6 is 0 Å². The molecule has 4 nitrogen and oxygen atoms in total. The van der Waals surface area contributed by atoms with Gasteiger partial charge in [0.05, 0.1) is 0 Å². The first-order valence-electron chi connectivity index (χ1n) is 6.83. The molecule has 17 heavy (non-hydrogen) atoms. The van der Waals surface area contributed by atoms with Crippen LogP contribution in [0, 0.1) is 5.92 Å². The predicted molar refractivity (Wildman–Crippen MR) is 65.4 cm³/mol. The largest absolute Gasteiger partial charge is 0.356 e. The molecule has 0 atom stereocenters. The van der Waals surface area contributed by atoms with Crippen molar-refractivity contribution in [2.75, 3.05) is 19.6 Å². The van der Waals surface area contributed by atoms with Gasteiger partial charge in [0, 0.05) is 32.0 Å². The monoisotopic (exact) mass is 238 g/mol. The lowest BCUT2D eigenvalue weighted by molar-refractivity contribution is -0.127. The fraction of sp³-hybridized carbons (Fsp3) is 0.846. The molecule has 2 fully saturated rings. The molecule has 0 spiro atoms. The summed E-state index contributed by atoms with van der Waals surface area (Å²) in [7, 11) is 0. The molecule has 0 radical (unpaired) electrons. The summed E-state index contributed by atoms with van der Waals surface area (Å²) in [5.41, 5.74) is 0. The quantitative estimate of drug-likeness (QED) is 0.734. The zero-order valence-electron chi connectivity index (χ0n) is 10.4. The first kappa shape index (κ1) is 12.4. The minimum Gasteiger partial charge on any atom is -0.356 e. The van der Waals surface area contributed by atoms with E-state index in [-0.39, 0.29) is 17.7 Å². The Morgan fingerprint density at radius 2 is 2.06 bits per heavy atom. The van der Waals surface area contributed by atoms with E-state index in [0.717, 1.165) is 38.8 Å². The lowest BCUT2D eigenvalue weighted by Gasteiger charge is -2.16. The molecule has 1 saturated heterocycles. The number of carbonyl (C=O) groups is 2. The summed E-state index contributed by atoms with van der Waals surface area (Å²) in [4.78, 5) is 25.0. The summed E-state index contributed by atoms with van der Waals surface area (Å²) in [6.45, 7) is 2.40. The van der Waals surface area contributed by atoms with E-state index in [0.29, 0.717) is 13.0 Å². The van der Waals surface area contributed by atoms with Crippen molar-refractivity contribution in [3.8, 4) is 0 Å². The van der Waals surface area contributed by atoms with Gasteiger partial charge in [-0.05, 0) is 25.7 Å². The van der Waals surface area contributed by atoms with Crippen molar-refractivity contribution in [2.45, 2.75) is 44.9 Å². The van der Waals surface area contributed by atoms with Gasteiger partial charge in [0.2, 0.25) is 11.8 Å². The summed E-state index contributed by atoms with van der Waals surface area (Å²) < 4.78 is 0. The average Bonchev–Trinajstić information content (AvgIpc) is 2.96. The van der Waals surface area contributed by atoms with Crippen LogP contribution in [0.15, 0.2) is 0 Å². The van der Waals surface area contributed by atoms with E-state index in [1.807, 2.05) is 4.90 Å². The summed E-state index contributed by atoms with van der Waals surface area (Å²) >= 11 is 0. The standard InChI is InChI=1S/C13H22N2O2/c16-12-7-3-9-15(12)10-4-8-14-13(17)11-5-1-2-6-11/h11H,1-10H2,(H,14,17). The predicted octanol–water partition coefficient (Wildman–Crippen LogP) is 1.31. The maximum atomic E-state index is 11.7. The fourth-order valence-corrected chi connectivity index (χ4v) is 2.75. The highest BCUT2D eigenvalue weighted by atomic mass is 16.2. The second-order valence-electron chi connectivity index (χ2n) is 5.11. The highest BCUT2D eigenvalue weighted by Crippen LogP contribution is 2.24. The summed E-state index contributed by atoms with van der Waals surface area (Å²) in [6, 6.07) is 0. The van der Waals surface area contributed by atoms with Crippen LogP contribution in [0.2, 0.25) is 0 Å². The number of hydrogen-bond acceptors (Lipinski definition) is 2. The molecule has 1 saturated carbocycles. The molecule has 0 unspecified atom stereocenters. The third kappa shape index (κ3) is 3.45. The van der Waals surface area contributed by atoms with Gasteiger partial charge in [-0.15, -0.1) is 0 Å². The van der Waals surface area contributed by atoms with Crippen molar-refractivity contribution in [3.63, 3.8) is 0 Å². The van der Waals surface area contributed by atoms with E-state index in [9.17, 15) is 9.59 Å². The molecule has 1 aliphatic heterocycles. The molecule has 2 amide bonds. The Morgan fingerprint density at radius 1 is 1.29 bits per heavy atom. The average molecular weight is 238 g/mol. The molecule has 1 aliphatic carbocycles. The van der Waals surface area contributed by atoms with E-state index in [4.69, 9.17) is 0 Å². The van der Waals surface area contributed by atoms with Crippen LogP contribution in [0.1, 0.15) is 44.9 Å². The van der Waals surface area contributed by atoms with Crippen molar-refractivity contribution in [3.05, 3.63) is 0 Å². The fourth-order valence-electron chi connectivity index (χ4n) is 2.75. The van der Waals surface area contributed by atoms with E-state index in [1.165, 1.54) is 12.8 Å². The molecular weight excluding hydrogens is 216 g/mol. The maximum absolute atomic E-state index is 11.7. The van der Waals surface area contributed by atoms with Gasteiger partial charge in [0.25, 0.3) is 0 Å². The molecule has 1 N–H and O–H groups in total. The number of nitrogens with one attached hydrogen (secondary N) is 1. The van der Waals surface area contributed by atoms with Gasteiger partial charge in [0.1, 0.15) is 0 Å². The molecule has 2 rings (SSSR count). The zero-order chi connectivity index (χ0) is 12.1. The van der Waals surface area contributed by atoms with Gasteiger partial charge in [-0.25, -0.2) is 0 Å². The topological polar surface area (TPSA) is 49.4 Å². The van der Waals surface area contributed by atoms with E-state index >= 15 is 0 Å². The van der Waals surface area contributed by atoms with Gasteiger partial charge in [-0.1, -0.05) is 12.8 Å². The third-order valence-corrected chi connectivity index (χ3v) is 3.80. The maximum Gasteiger partial charge on any atom is 0.223 e. The van der Waals surface area contributed by atoms with Crippen LogP contribution in [-0.2, 0) is 9.59 Å². The van der Waals surface area contributed by atoms with Crippen molar-refractivity contribution in [1.82, 2.24) is 10.2 Å². The smallest absolute Gasteiger partial charge is 0.223 e. The number of hydrogen-bond donors (Lipinski definition) is 1. The molecule has 0 aromatic carbocycles. The molecule has 2 aliphatic rings. The SMILES string of the molecule is O=C(NCCCN1CCCC1=O)C1CCCC1. The third-order valence-electron chi connectivity index (χ3n) is 3.80. The summed E-state index contributed by atoms with van der Waals surface area (Å²) in [6.07, 6.45) is 7.07. The van der Waals surface area contributed by atoms with E-state index < -0.39 is 0 Å². The highest BCUT2D eigenvalue weighted by Gasteiger charge is 2.22. The summed E-state index contributed by atoms with van der Waals surface area (Å²) in [5, 5.41) is 2.99. The lowest BCUT2D eigenvalue weighted by atomic mass is 10.1. The van der Waals surface area contributed by atoms with Crippen LogP contribution in [-0.4, -0.2) is 36.3 Å². The minimum absolute atomic E-state index is 0.218. The van der Waals surface area contributed by atoms with Gasteiger partial charge >= 0.3 is 0 Å². The van der Waals surface area contributed by atoms with Crippen molar-refractivity contribution < 1.29 is 9.59 Å². The summed E-state index contributed by atoms with van der Waals surface area (Å²) in [5.74, 6) is 0.741. The Kier molecular flexibility index (Phi) is 4.40. The van der Waals surface area contributed by atoms with Crippen molar-refractivity contribution in [2.24, 2.45) is 5.92 Å². The van der Waals surface area contributed by atoms with Gasteiger partial charge in [-0.2, -0.15) is 0 Å². The lowest BCUT2D eigenvalue weighted by Crippen LogP contribution is -2.33. The Balaban J connectivity index is 1.56. The molecule has 0 aromatic heterocycles. The highest BCUT2D eigenvalue weighted by molar-refractivity contribution is 5.79. The van der Waals surface area contributed by atoms with Crippen LogP contribution in [0.25, 0.3) is 0 Å². The van der Waals surface area contributed by atoms with Crippen LogP contribution in [0.5, 0.6) is 0 Å². The van der Waals surface area contributed by atoms with E-state index in [1.54, 1.807) is 0 Å².